The Hall–Kier alpha value is -0.0800. The van der Waals surface area contributed by atoms with Gasteiger partial charge in [-0.25, -0.2) is 0 Å². The summed E-state index contributed by atoms with van der Waals surface area (Å²) in [6.45, 7) is 12.2. The van der Waals surface area contributed by atoms with Gasteiger partial charge >= 0.3 is 0 Å². The minimum absolute atomic E-state index is 0.587. The molecule has 2 nitrogen and oxygen atoms in total. The molecule has 18 heavy (non-hydrogen) atoms. The van der Waals surface area contributed by atoms with E-state index in [1.807, 2.05) is 0 Å². The number of piperidine rings is 1. The molecule has 0 aromatic rings. The SMILES string of the molecule is CCNC1CCCCC1CN1CCC(C)(C)CC1. The Bertz CT molecular complexity index is 237. The topological polar surface area (TPSA) is 15.3 Å². The van der Waals surface area contributed by atoms with Crippen LogP contribution in [0.25, 0.3) is 0 Å². The third-order valence-electron chi connectivity index (χ3n) is 5.08. The number of rotatable bonds is 4. The first-order valence-corrected chi connectivity index (χ1v) is 8.06. The molecule has 1 saturated heterocycles. The zero-order valence-electron chi connectivity index (χ0n) is 12.7. The fourth-order valence-electron chi connectivity index (χ4n) is 3.63. The average molecular weight is 252 g/mol. The van der Waals surface area contributed by atoms with Gasteiger partial charge in [-0.05, 0) is 56.7 Å². The van der Waals surface area contributed by atoms with E-state index >= 15 is 0 Å². The van der Waals surface area contributed by atoms with Crippen molar-refractivity contribution in [3.05, 3.63) is 0 Å². The third-order valence-corrected chi connectivity index (χ3v) is 5.08. The third kappa shape index (κ3) is 3.96. The Morgan fingerprint density at radius 3 is 2.44 bits per heavy atom. The number of hydrogen-bond donors (Lipinski definition) is 1. The lowest BCUT2D eigenvalue weighted by atomic mass is 9.80. The smallest absolute Gasteiger partial charge is 0.0107 e. The Morgan fingerprint density at radius 1 is 1.11 bits per heavy atom. The molecule has 1 aliphatic heterocycles. The molecule has 2 heteroatoms. The van der Waals surface area contributed by atoms with Crippen LogP contribution < -0.4 is 5.32 Å². The standard InChI is InChI=1S/C16H32N2/c1-4-17-15-8-6-5-7-14(15)13-18-11-9-16(2,3)10-12-18/h14-15,17H,4-13H2,1-3H3. The normalized spacial score (nSPS) is 33.5. The second kappa shape index (κ2) is 6.38. The van der Waals surface area contributed by atoms with Crippen molar-refractivity contribution in [2.45, 2.75) is 65.3 Å². The van der Waals surface area contributed by atoms with Gasteiger partial charge in [0.25, 0.3) is 0 Å². The van der Waals surface area contributed by atoms with Gasteiger partial charge in [0.1, 0.15) is 0 Å². The van der Waals surface area contributed by atoms with E-state index in [1.165, 1.54) is 58.2 Å². The molecular weight excluding hydrogens is 220 g/mol. The molecule has 1 heterocycles. The highest BCUT2D eigenvalue weighted by Gasteiger charge is 2.30. The molecule has 0 aromatic heterocycles. The van der Waals surface area contributed by atoms with E-state index in [2.05, 4.69) is 31.0 Å². The highest BCUT2D eigenvalue weighted by Crippen LogP contribution is 2.32. The van der Waals surface area contributed by atoms with Gasteiger partial charge in [-0.2, -0.15) is 0 Å². The molecule has 0 amide bonds. The average Bonchev–Trinajstić information content (AvgIpc) is 2.35. The zero-order valence-corrected chi connectivity index (χ0v) is 12.7. The van der Waals surface area contributed by atoms with E-state index in [0.717, 1.165) is 18.5 Å². The van der Waals surface area contributed by atoms with Gasteiger partial charge < -0.3 is 10.2 Å². The maximum atomic E-state index is 3.71. The van der Waals surface area contributed by atoms with Gasteiger partial charge in [-0.15, -0.1) is 0 Å². The number of nitrogens with one attached hydrogen (secondary N) is 1. The van der Waals surface area contributed by atoms with Gasteiger partial charge in [0.2, 0.25) is 0 Å². The van der Waals surface area contributed by atoms with Crippen LogP contribution in [0.2, 0.25) is 0 Å². The molecule has 0 radical (unpaired) electrons. The minimum atomic E-state index is 0.587. The van der Waals surface area contributed by atoms with Crippen LogP contribution >= 0.6 is 0 Å². The van der Waals surface area contributed by atoms with Crippen molar-refractivity contribution in [2.24, 2.45) is 11.3 Å². The second-order valence-electron chi connectivity index (χ2n) is 7.17. The molecule has 0 aromatic carbocycles. The van der Waals surface area contributed by atoms with Crippen molar-refractivity contribution in [1.29, 1.82) is 0 Å². The van der Waals surface area contributed by atoms with Gasteiger partial charge in [-0.3, -0.25) is 0 Å². The lowest BCUT2D eigenvalue weighted by Crippen LogP contribution is -2.46. The van der Waals surface area contributed by atoms with Crippen molar-refractivity contribution in [2.75, 3.05) is 26.2 Å². The minimum Gasteiger partial charge on any atom is -0.314 e. The zero-order chi connectivity index (χ0) is 13.0. The van der Waals surface area contributed by atoms with E-state index in [0.29, 0.717) is 5.41 Å². The quantitative estimate of drug-likeness (QED) is 0.826. The lowest BCUT2D eigenvalue weighted by molar-refractivity contribution is 0.0978. The summed E-state index contributed by atoms with van der Waals surface area (Å²) in [5.74, 6) is 0.903. The van der Waals surface area contributed by atoms with Crippen LogP contribution in [0.5, 0.6) is 0 Å². The molecule has 2 atom stereocenters. The van der Waals surface area contributed by atoms with Crippen molar-refractivity contribution >= 4 is 0 Å². The summed E-state index contributed by atoms with van der Waals surface area (Å²) >= 11 is 0. The summed E-state index contributed by atoms with van der Waals surface area (Å²) in [5.41, 5.74) is 0.587. The molecule has 106 valence electrons. The Morgan fingerprint density at radius 2 is 1.78 bits per heavy atom. The van der Waals surface area contributed by atoms with Crippen LogP contribution in [0.3, 0.4) is 0 Å². The number of likely N-dealkylation sites (tertiary alicyclic amines) is 1. The molecule has 0 spiro atoms. The Kier molecular flexibility index (Phi) is 5.08. The molecule has 2 rings (SSSR count). The Balaban J connectivity index is 1.80. The van der Waals surface area contributed by atoms with Crippen LogP contribution in [0.1, 0.15) is 59.3 Å². The van der Waals surface area contributed by atoms with Crippen molar-refractivity contribution < 1.29 is 0 Å². The summed E-state index contributed by atoms with van der Waals surface area (Å²) in [6, 6.07) is 0.790. The van der Waals surface area contributed by atoms with Crippen LogP contribution in [-0.4, -0.2) is 37.1 Å². The van der Waals surface area contributed by atoms with Gasteiger partial charge in [0.05, 0.1) is 0 Å². The van der Waals surface area contributed by atoms with Gasteiger partial charge in [0.15, 0.2) is 0 Å². The highest BCUT2D eigenvalue weighted by atomic mass is 15.1. The van der Waals surface area contributed by atoms with Crippen molar-refractivity contribution in [3.8, 4) is 0 Å². The first-order chi connectivity index (χ1) is 8.61. The molecule has 1 aliphatic carbocycles. The highest BCUT2D eigenvalue weighted by molar-refractivity contribution is 4.85. The fourth-order valence-corrected chi connectivity index (χ4v) is 3.63. The second-order valence-corrected chi connectivity index (χ2v) is 7.17. The van der Waals surface area contributed by atoms with Crippen molar-refractivity contribution in [3.63, 3.8) is 0 Å². The predicted molar refractivity (Wildman–Crippen MR) is 78.9 cm³/mol. The van der Waals surface area contributed by atoms with Crippen LogP contribution in [-0.2, 0) is 0 Å². The van der Waals surface area contributed by atoms with E-state index in [9.17, 15) is 0 Å². The lowest BCUT2D eigenvalue weighted by Gasteiger charge is -2.41. The molecular formula is C16H32N2. The summed E-state index contributed by atoms with van der Waals surface area (Å²) in [5, 5.41) is 3.71. The van der Waals surface area contributed by atoms with Crippen molar-refractivity contribution in [1.82, 2.24) is 10.2 Å². The summed E-state index contributed by atoms with van der Waals surface area (Å²) in [6.07, 6.45) is 8.49. The monoisotopic (exact) mass is 252 g/mol. The molecule has 2 aliphatic rings. The van der Waals surface area contributed by atoms with Crippen LogP contribution in [0.4, 0.5) is 0 Å². The molecule has 1 saturated carbocycles. The Labute approximate surface area is 114 Å². The van der Waals surface area contributed by atoms with E-state index < -0.39 is 0 Å². The maximum Gasteiger partial charge on any atom is 0.0107 e. The molecule has 0 bridgehead atoms. The first kappa shape index (κ1) is 14.3. The summed E-state index contributed by atoms with van der Waals surface area (Å²) < 4.78 is 0. The molecule has 2 unspecified atom stereocenters. The van der Waals surface area contributed by atoms with Gasteiger partial charge in [0, 0.05) is 12.6 Å². The number of nitrogens with zero attached hydrogens (tertiary/aromatic N) is 1. The molecule has 1 N–H and O–H groups in total. The first-order valence-electron chi connectivity index (χ1n) is 8.06. The number of hydrogen-bond acceptors (Lipinski definition) is 2. The predicted octanol–water partition coefficient (Wildman–Crippen LogP) is 3.28. The van der Waals surface area contributed by atoms with E-state index in [1.54, 1.807) is 0 Å². The van der Waals surface area contributed by atoms with E-state index in [-0.39, 0.29) is 0 Å². The van der Waals surface area contributed by atoms with Gasteiger partial charge in [-0.1, -0.05) is 33.6 Å². The largest absolute Gasteiger partial charge is 0.314 e. The maximum absolute atomic E-state index is 3.71. The fraction of sp³-hybridized carbons (Fsp3) is 1.00. The summed E-state index contributed by atoms with van der Waals surface area (Å²) in [7, 11) is 0. The van der Waals surface area contributed by atoms with Crippen LogP contribution in [0, 0.1) is 11.3 Å². The van der Waals surface area contributed by atoms with E-state index in [4.69, 9.17) is 0 Å². The van der Waals surface area contributed by atoms with Crippen LogP contribution in [0.15, 0.2) is 0 Å². The molecule has 2 fully saturated rings. The summed E-state index contributed by atoms with van der Waals surface area (Å²) in [4.78, 5) is 2.73.